The van der Waals surface area contributed by atoms with Gasteiger partial charge in [-0.3, -0.25) is 0 Å². The van der Waals surface area contributed by atoms with Crippen molar-refractivity contribution in [1.29, 1.82) is 0 Å². The lowest BCUT2D eigenvalue weighted by Gasteiger charge is -2.08. The first kappa shape index (κ1) is 13.4. The molecule has 0 saturated carbocycles. The average Bonchev–Trinajstić information content (AvgIpc) is 2.38. The Labute approximate surface area is 117 Å². The number of hydrogen-bond acceptors (Lipinski definition) is 3. The molecule has 0 bridgehead atoms. The molecule has 1 aromatic heterocycles. The highest BCUT2D eigenvalue weighted by atomic mass is 35.5. The minimum Gasteiger partial charge on any atom is -0.313 e. The third-order valence-electron chi connectivity index (χ3n) is 2.43. The highest BCUT2D eigenvalue weighted by Gasteiger charge is 2.05. The summed E-state index contributed by atoms with van der Waals surface area (Å²) in [6.45, 7) is 3.89. The second-order valence-corrected chi connectivity index (χ2v) is 5.31. The molecule has 4 heteroatoms. The van der Waals surface area contributed by atoms with Crippen molar-refractivity contribution in [3.63, 3.8) is 0 Å². The number of hydrogen-bond donors (Lipinski definition) is 1. The predicted octanol–water partition coefficient (Wildman–Crippen LogP) is 4.00. The first-order valence-corrected chi connectivity index (χ1v) is 7.07. The third-order valence-corrected chi connectivity index (χ3v) is 3.71. The van der Waals surface area contributed by atoms with Crippen LogP contribution < -0.4 is 5.32 Å². The molecule has 2 rings (SSSR count). The topological polar surface area (TPSA) is 24.9 Å². The molecule has 18 heavy (non-hydrogen) atoms. The van der Waals surface area contributed by atoms with Crippen LogP contribution in [0.3, 0.4) is 0 Å². The van der Waals surface area contributed by atoms with Gasteiger partial charge in [-0.1, -0.05) is 42.4 Å². The van der Waals surface area contributed by atoms with Gasteiger partial charge in [-0.15, -0.1) is 0 Å². The summed E-state index contributed by atoms with van der Waals surface area (Å²) in [7, 11) is 0. The zero-order valence-corrected chi connectivity index (χ0v) is 11.8. The van der Waals surface area contributed by atoms with Crippen molar-refractivity contribution in [2.24, 2.45) is 0 Å². The molecular formula is C14H15ClN2S. The summed E-state index contributed by atoms with van der Waals surface area (Å²) in [5, 5.41) is 5.11. The van der Waals surface area contributed by atoms with Crippen molar-refractivity contribution in [2.45, 2.75) is 23.4 Å². The maximum Gasteiger partial charge on any atom is 0.105 e. The predicted molar refractivity (Wildman–Crippen MR) is 77.2 cm³/mol. The van der Waals surface area contributed by atoms with E-state index in [-0.39, 0.29) is 0 Å². The number of nitrogens with zero attached hydrogens (tertiary/aromatic N) is 1. The van der Waals surface area contributed by atoms with Gasteiger partial charge in [-0.05, 0) is 36.4 Å². The smallest absolute Gasteiger partial charge is 0.105 e. The molecular weight excluding hydrogens is 264 g/mol. The number of halogens is 1. The van der Waals surface area contributed by atoms with Crippen LogP contribution in [-0.2, 0) is 6.54 Å². The Morgan fingerprint density at radius 2 is 2.17 bits per heavy atom. The molecule has 2 nitrogen and oxygen atoms in total. The number of benzene rings is 1. The molecule has 0 aliphatic heterocycles. The molecule has 0 radical (unpaired) electrons. The fourth-order valence-electron chi connectivity index (χ4n) is 1.55. The average molecular weight is 279 g/mol. The van der Waals surface area contributed by atoms with Crippen LogP contribution in [0.1, 0.15) is 12.5 Å². The number of pyridine rings is 1. The van der Waals surface area contributed by atoms with Crippen LogP contribution in [0.25, 0.3) is 0 Å². The summed E-state index contributed by atoms with van der Waals surface area (Å²) < 4.78 is 0. The third kappa shape index (κ3) is 3.73. The fourth-order valence-corrected chi connectivity index (χ4v) is 2.75. The Hall–Kier alpha value is -1.03. The summed E-state index contributed by atoms with van der Waals surface area (Å²) in [6.07, 6.45) is 1.82. The Morgan fingerprint density at radius 3 is 2.94 bits per heavy atom. The summed E-state index contributed by atoms with van der Waals surface area (Å²) in [5.74, 6) is 0. The van der Waals surface area contributed by atoms with Gasteiger partial charge in [0.2, 0.25) is 0 Å². The van der Waals surface area contributed by atoms with Crippen molar-refractivity contribution in [2.75, 3.05) is 6.54 Å². The second-order valence-electron chi connectivity index (χ2n) is 3.81. The van der Waals surface area contributed by atoms with Crippen LogP contribution in [-0.4, -0.2) is 11.5 Å². The molecule has 0 atom stereocenters. The van der Waals surface area contributed by atoms with E-state index in [0.29, 0.717) is 0 Å². The summed E-state index contributed by atoms with van der Waals surface area (Å²) >= 11 is 7.63. The zero-order valence-electron chi connectivity index (χ0n) is 10.2. The first-order valence-electron chi connectivity index (χ1n) is 5.87. The molecule has 0 aliphatic carbocycles. The molecule has 0 saturated heterocycles. The molecule has 0 aliphatic rings. The monoisotopic (exact) mass is 278 g/mol. The van der Waals surface area contributed by atoms with Crippen LogP contribution in [0, 0.1) is 0 Å². The van der Waals surface area contributed by atoms with Crippen molar-refractivity contribution in [3.8, 4) is 0 Å². The summed E-state index contributed by atoms with van der Waals surface area (Å²) in [6, 6.07) is 11.9. The lowest BCUT2D eigenvalue weighted by Crippen LogP contribution is -2.12. The van der Waals surface area contributed by atoms with Crippen molar-refractivity contribution >= 4 is 23.4 Å². The van der Waals surface area contributed by atoms with Gasteiger partial charge in [0.1, 0.15) is 5.03 Å². The SMILES string of the molecule is CCNCc1cccnc1Sc1cccc(Cl)c1. The van der Waals surface area contributed by atoms with Gasteiger partial charge in [0.05, 0.1) is 0 Å². The van der Waals surface area contributed by atoms with Gasteiger partial charge in [-0.2, -0.15) is 0 Å². The molecule has 0 fully saturated rings. The lowest BCUT2D eigenvalue weighted by atomic mass is 10.3. The van der Waals surface area contributed by atoms with Gasteiger partial charge in [0, 0.05) is 22.7 Å². The quantitative estimate of drug-likeness (QED) is 0.895. The van der Waals surface area contributed by atoms with E-state index in [1.807, 2.05) is 36.5 Å². The van der Waals surface area contributed by atoms with E-state index in [2.05, 4.69) is 23.3 Å². The van der Waals surface area contributed by atoms with Crippen LogP contribution in [0.2, 0.25) is 5.02 Å². The number of nitrogens with one attached hydrogen (secondary N) is 1. The fraction of sp³-hybridized carbons (Fsp3) is 0.214. The van der Waals surface area contributed by atoms with E-state index in [4.69, 9.17) is 11.6 Å². The molecule has 1 heterocycles. The normalized spacial score (nSPS) is 10.6. The van der Waals surface area contributed by atoms with Gasteiger partial charge >= 0.3 is 0 Å². The van der Waals surface area contributed by atoms with Crippen molar-refractivity contribution < 1.29 is 0 Å². The van der Waals surface area contributed by atoms with Gasteiger partial charge in [0.25, 0.3) is 0 Å². The Bertz CT molecular complexity index is 517. The molecule has 0 spiro atoms. The standard InChI is InChI=1S/C14H15ClN2S/c1-2-16-10-11-5-4-8-17-14(11)18-13-7-3-6-12(15)9-13/h3-9,16H,2,10H2,1H3. The van der Waals surface area contributed by atoms with E-state index in [1.165, 1.54) is 5.56 Å². The molecule has 94 valence electrons. The summed E-state index contributed by atoms with van der Waals surface area (Å²) in [4.78, 5) is 5.55. The van der Waals surface area contributed by atoms with E-state index >= 15 is 0 Å². The minimum absolute atomic E-state index is 0.754. The minimum atomic E-state index is 0.754. The Balaban J connectivity index is 2.17. The van der Waals surface area contributed by atoms with Crippen molar-refractivity contribution in [1.82, 2.24) is 10.3 Å². The van der Waals surface area contributed by atoms with E-state index < -0.39 is 0 Å². The first-order chi connectivity index (χ1) is 8.79. The van der Waals surface area contributed by atoms with Crippen LogP contribution in [0.15, 0.2) is 52.5 Å². The zero-order chi connectivity index (χ0) is 12.8. The number of rotatable bonds is 5. The van der Waals surface area contributed by atoms with E-state index in [0.717, 1.165) is 28.0 Å². The van der Waals surface area contributed by atoms with Gasteiger partial charge in [-0.25, -0.2) is 4.98 Å². The molecule has 2 aromatic rings. The Morgan fingerprint density at radius 1 is 1.28 bits per heavy atom. The molecule has 0 amide bonds. The van der Waals surface area contributed by atoms with E-state index in [9.17, 15) is 0 Å². The maximum absolute atomic E-state index is 5.99. The number of aromatic nitrogens is 1. The second kappa shape index (κ2) is 6.78. The van der Waals surface area contributed by atoms with Gasteiger partial charge < -0.3 is 5.32 Å². The van der Waals surface area contributed by atoms with Gasteiger partial charge in [0.15, 0.2) is 0 Å². The summed E-state index contributed by atoms with van der Waals surface area (Å²) in [5.41, 5.74) is 1.21. The molecule has 0 unspecified atom stereocenters. The van der Waals surface area contributed by atoms with Crippen LogP contribution >= 0.6 is 23.4 Å². The van der Waals surface area contributed by atoms with Crippen LogP contribution in [0.5, 0.6) is 0 Å². The highest BCUT2D eigenvalue weighted by Crippen LogP contribution is 2.30. The molecule has 1 aromatic carbocycles. The highest BCUT2D eigenvalue weighted by molar-refractivity contribution is 7.99. The van der Waals surface area contributed by atoms with Crippen molar-refractivity contribution in [3.05, 3.63) is 53.2 Å². The molecule has 1 N–H and O–H groups in total. The van der Waals surface area contributed by atoms with E-state index in [1.54, 1.807) is 11.8 Å². The maximum atomic E-state index is 5.99. The van der Waals surface area contributed by atoms with Crippen LogP contribution in [0.4, 0.5) is 0 Å². The largest absolute Gasteiger partial charge is 0.313 e. The Kier molecular flexibility index (Phi) is 5.05. The lowest BCUT2D eigenvalue weighted by molar-refractivity contribution is 0.711.